The standard InChI is InChI=1S/C11H25N2O2.2ClH/c1-9(2)8-15-11(14)6-10(12)7-13(3,4)5;;/h9-10H,6-8,12H2,1-5H3;2*1H/q+1;;/p-1/t10-;;/m0../s1. The van der Waals surface area contributed by atoms with Gasteiger partial charge < -0.3 is 39.8 Å². The van der Waals surface area contributed by atoms with E-state index in [2.05, 4.69) is 26.9 Å². The fourth-order valence-corrected chi connectivity index (χ4v) is 1.39. The van der Waals surface area contributed by atoms with Gasteiger partial charge in [-0.15, -0.1) is 0 Å². The van der Waals surface area contributed by atoms with E-state index in [9.17, 15) is 4.79 Å². The molecular formula is C11H26Cl2N2O2. The van der Waals surface area contributed by atoms with Crippen molar-refractivity contribution in [2.24, 2.45) is 5.92 Å². The Morgan fingerprint density at radius 3 is 2.06 bits per heavy atom. The van der Waals surface area contributed by atoms with Gasteiger partial charge in [-0.3, -0.25) is 4.79 Å². The van der Waals surface area contributed by atoms with Gasteiger partial charge in [-0.1, -0.05) is 13.8 Å². The summed E-state index contributed by atoms with van der Waals surface area (Å²) in [6.45, 7) is 5.45. The SMILES string of the molecule is CC(C)COC(=O)C[C@H]([NH3+])C[N+](C)(C)C.[Cl-].[Cl-]. The molecule has 0 aliphatic rings. The Bertz CT molecular complexity index is 206. The average Bonchev–Trinajstić information content (AvgIpc) is 1.96. The molecule has 0 aromatic rings. The minimum atomic E-state index is -0.128. The van der Waals surface area contributed by atoms with Crippen molar-refractivity contribution in [3.05, 3.63) is 0 Å². The molecule has 0 unspecified atom stereocenters. The van der Waals surface area contributed by atoms with Crippen LogP contribution >= 0.6 is 0 Å². The van der Waals surface area contributed by atoms with Crippen LogP contribution in [0.3, 0.4) is 0 Å². The van der Waals surface area contributed by atoms with Gasteiger partial charge in [0, 0.05) is 0 Å². The highest BCUT2D eigenvalue weighted by Gasteiger charge is 2.21. The second-order valence-electron chi connectivity index (χ2n) is 5.62. The molecule has 0 saturated carbocycles. The summed E-state index contributed by atoms with van der Waals surface area (Å²) in [4.78, 5) is 11.4. The van der Waals surface area contributed by atoms with E-state index in [0.29, 0.717) is 18.9 Å². The fraction of sp³-hybridized carbons (Fsp3) is 0.909. The minimum absolute atomic E-state index is 0. The summed E-state index contributed by atoms with van der Waals surface area (Å²) in [5.74, 6) is 0.271. The number of hydrogen-bond donors (Lipinski definition) is 1. The molecule has 0 spiro atoms. The Labute approximate surface area is 117 Å². The second-order valence-corrected chi connectivity index (χ2v) is 5.62. The Morgan fingerprint density at radius 2 is 1.71 bits per heavy atom. The lowest BCUT2D eigenvalue weighted by atomic mass is 10.2. The molecule has 0 amide bonds. The van der Waals surface area contributed by atoms with Gasteiger partial charge >= 0.3 is 5.97 Å². The van der Waals surface area contributed by atoms with Crippen molar-refractivity contribution in [2.75, 3.05) is 34.3 Å². The van der Waals surface area contributed by atoms with Gasteiger partial charge in [-0.05, 0) is 5.92 Å². The van der Waals surface area contributed by atoms with E-state index in [-0.39, 0.29) is 36.8 Å². The Kier molecular flexibility index (Phi) is 13.0. The van der Waals surface area contributed by atoms with Gasteiger partial charge in [0.05, 0.1) is 27.7 Å². The van der Waals surface area contributed by atoms with Crippen molar-refractivity contribution in [1.29, 1.82) is 0 Å². The number of hydrogen-bond acceptors (Lipinski definition) is 2. The minimum Gasteiger partial charge on any atom is -1.00 e. The van der Waals surface area contributed by atoms with Crippen LogP contribution in [0, 0.1) is 5.92 Å². The molecule has 0 radical (unpaired) electrons. The van der Waals surface area contributed by atoms with E-state index in [0.717, 1.165) is 11.0 Å². The van der Waals surface area contributed by atoms with E-state index in [1.165, 1.54) is 0 Å². The van der Waals surface area contributed by atoms with Crippen molar-refractivity contribution >= 4 is 5.97 Å². The van der Waals surface area contributed by atoms with Crippen LogP contribution < -0.4 is 30.5 Å². The summed E-state index contributed by atoms with van der Waals surface area (Å²) < 4.78 is 5.93. The molecule has 0 bridgehead atoms. The maximum atomic E-state index is 11.4. The topological polar surface area (TPSA) is 53.9 Å². The molecule has 0 saturated heterocycles. The average molecular weight is 289 g/mol. The Hall–Kier alpha value is -0.0300. The molecule has 4 nitrogen and oxygen atoms in total. The monoisotopic (exact) mass is 288 g/mol. The first-order valence-corrected chi connectivity index (χ1v) is 5.50. The summed E-state index contributed by atoms with van der Waals surface area (Å²) in [5.41, 5.74) is 3.97. The van der Waals surface area contributed by atoms with Crippen LogP contribution in [0.1, 0.15) is 20.3 Å². The predicted octanol–water partition coefficient (Wildman–Crippen LogP) is -6.10. The van der Waals surface area contributed by atoms with E-state index >= 15 is 0 Å². The molecular weight excluding hydrogens is 263 g/mol. The van der Waals surface area contributed by atoms with Crippen LogP contribution in [-0.4, -0.2) is 50.8 Å². The number of likely N-dealkylation sites (N-methyl/N-ethyl adjacent to an activating group) is 1. The molecule has 0 aromatic carbocycles. The lowest BCUT2D eigenvalue weighted by Gasteiger charge is -2.25. The van der Waals surface area contributed by atoms with Crippen molar-refractivity contribution in [3.63, 3.8) is 0 Å². The summed E-state index contributed by atoms with van der Waals surface area (Å²) >= 11 is 0. The number of rotatable bonds is 6. The molecule has 1 atom stereocenters. The molecule has 0 heterocycles. The van der Waals surface area contributed by atoms with Gasteiger partial charge in [-0.2, -0.15) is 0 Å². The summed E-state index contributed by atoms with van der Waals surface area (Å²) in [6, 6.07) is 0.129. The van der Waals surface area contributed by atoms with Gasteiger partial charge in [0.15, 0.2) is 0 Å². The van der Waals surface area contributed by atoms with Crippen molar-refractivity contribution < 1.29 is 44.6 Å². The van der Waals surface area contributed by atoms with Crippen molar-refractivity contribution in [3.8, 4) is 0 Å². The highest BCUT2D eigenvalue weighted by atomic mass is 35.5. The highest BCUT2D eigenvalue weighted by molar-refractivity contribution is 5.69. The summed E-state index contributed by atoms with van der Waals surface area (Å²) in [5, 5.41) is 0. The van der Waals surface area contributed by atoms with Gasteiger partial charge in [0.1, 0.15) is 19.0 Å². The molecule has 0 fully saturated rings. The first-order valence-electron chi connectivity index (χ1n) is 5.50. The lowest BCUT2D eigenvalue weighted by molar-refractivity contribution is -0.880. The van der Waals surface area contributed by atoms with E-state index in [4.69, 9.17) is 4.74 Å². The smallest absolute Gasteiger partial charge is 0.312 e. The van der Waals surface area contributed by atoms with Crippen LogP contribution in [0.4, 0.5) is 0 Å². The molecule has 0 rings (SSSR count). The third-order valence-electron chi connectivity index (χ3n) is 1.84. The number of nitrogens with zero attached hydrogens (tertiary/aromatic N) is 1. The first-order chi connectivity index (χ1) is 6.70. The Morgan fingerprint density at radius 1 is 1.24 bits per heavy atom. The van der Waals surface area contributed by atoms with Gasteiger partial charge in [0.2, 0.25) is 0 Å². The highest BCUT2D eigenvalue weighted by Crippen LogP contribution is 1.99. The fourth-order valence-electron chi connectivity index (χ4n) is 1.39. The molecule has 0 aliphatic heterocycles. The van der Waals surface area contributed by atoms with Gasteiger partial charge in [0.25, 0.3) is 0 Å². The van der Waals surface area contributed by atoms with Crippen molar-refractivity contribution in [1.82, 2.24) is 0 Å². The second kappa shape index (κ2) is 9.95. The molecule has 6 heteroatoms. The quantitative estimate of drug-likeness (QED) is 0.391. The third kappa shape index (κ3) is 16.0. The lowest BCUT2D eigenvalue weighted by Crippen LogP contribution is -3.00. The Balaban J connectivity index is -0.000000980. The zero-order chi connectivity index (χ0) is 12.1. The number of halogens is 2. The number of carbonyl (C=O) groups excluding carboxylic acids is 1. The maximum Gasteiger partial charge on any atom is 0.312 e. The third-order valence-corrected chi connectivity index (χ3v) is 1.84. The van der Waals surface area contributed by atoms with Crippen LogP contribution in [0.2, 0.25) is 0 Å². The maximum absolute atomic E-state index is 11.4. The number of ether oxygens (including phenoxy) is 1. The van der Waals surface area contributed by atoms with Crippen LogP contribution in [0.5, 0.6) is 0 Å². The van der Waals surface area contributed by atoms with Crippen LogP contribution in [0.25, 0.3) is 0 Å². The normalized spacial score (nSPS) is 12.4. The summed E-state index contributed by atoms with van der Waals surface area (Å²) in [7, 11) is 6.28. The molecule has 3 N–H and O–H groups in total. The zero-order valence-electron chi connectivity index (χ0n) is 11.5. The zero-order valence-corrected chi connectivity index (χ0v) is 13.0. The van der Waals surface area contributed by atoms with Crippen LogP contribution in [-0.2, 0) is 9.53 Å². The first kappa shape index (κ1) is 22.2. The molecule has 0 aliphatic carbocycles. The number of esters is 1. The molecule has 0 aromatic heterocycles. The van der Waals surface area contributed by atoms with Crippen molar-refractivity contribution in [2.45, 2.75) is 26.3 Å². The molecule has 17 heavy (non-hydrogen) atoms. The number of carbonyl (C=O) groups is 1. The van der Waals surface area contributed by atoms with E-state index in [1.807, 2.05) is 13.8 Å². The van der Waals surface area contributed by atoms with Crippen LogP contribution in [0.15, 0.2) is 0 Å². The predicted molar refractivity (Wildman–Crippen MR) is 60.0 cm³/mol. The number of quaternary nitrogens is 2. The van der Waals surface area contributed by atoms with E-state index in [1.54, 1.807) is 0 Å². The van der Waals surface area contributed by atoms with E-state index < -0.39 is 0 Å². The van der Waals surface area contributed by atoms with Gasteiger partial charge in [-0.25, -0.2) is 0 Å². The molecule has 106 valence electrons. The largest absolute Gasteiger partial charge is 1.00 e. The summed E-state index contributed by atoms with van der Waals surface area (Å²) in [6.07, 6.45) is 0.419.